The zero-order valence-electron chi connectivity index (χ0n) is 44.5. The van der Waals surface area contributed by atoms with E-state index < -0.39 is 96.1 Å². The Balaban J connectivity index is 1.21. The van der Waals surface area contributed by atoms with E-state index in [4.69, 9.17) is 9.47 Å². The van der Waals surface area contributed by atoms with Crippen molar-refractivity contribution in [3.05, 3.63) is 215 Å². The number of nitrogens with one attached hydrogen (secondary N) is 6. The smallest absolute Gasteiger partial charge is 0.408 e. The van der Waals surface area contributed by atoms with Gasteiger partial charge in [0.1, 0.15) is 49.6 Å². The van der Waals surface area contributed by atoms with Crippen LogP contribution in [-0.4, -0.2) is 94.5 Å². The molecule has 6 amide bonds. The molecular weight excluding hydrogens is 989 g/mol. The third kappa shape index (κ3) is 19.0. The lowest BCUT2D eigenvalue weighted by Gasteiger charge is -2.35. The van der Waals surface area contributed by atoms with E-state index in [2.05, 4.69) is 31.9 Å². The van der Waals surface area contributed by atoms with Crippen LogP contribution >= 0.6 is 0 Å². The van der Waals surface area contributed by atoms with E-state index in [0.29, 0.717) is 11.1 Å². The number of aliphatic hydroxyl groups is 2. The number of carbonyl (C=O) groups is 6. The van der Waals surface area contributed by atoms with Crippen molar-refractivity contribution in [1.29, 1.82) is 0 Å². The second kappa shape index (κ2) is 30.4. The lowest BCUT2D eigenvalue weighted by atomic mass is 9.90. The molecule has 410 valence electrons. The van der Waals surface area contributed by atoms with Crippen LogP contribution < -0.4 is 31.9 Å². The zero-order valence-corrected chi connectivity index (χ0v) is 44.5. The highest BCUT2D eigenvalue weighted by Crippen LogP contribution is 2.18. The van der Waals surface area contributed by atoms with Crippen molar-refractivity contribution in [3.8, 4) is 0 Å². The van der Waals surface area contributed by atoms with Gasteiger partial charge in [0.15, 0.2) is 0 Å². The van der Waals surface area contributed by atoms with Crippen LogP contribution in [0, 0.1) is 11.8 Å². The predicted molar refractivity (Wildman–Crippen MR) is 297 cm³/mol. The van der Waals surface area contributed by atoms with Gasteiger partial charge in [-0.3, -0.25) is 19.2 Å². The molecule has 0 fully saturated rings. The average Bonchev–Trinajstić information content (AvgIpc) is 3.45. The van der Waals surface area contributed by atoms with Gasteiger partial charge in [0.05, 0.1) is 12.1 Å². The quantitative estimate of drug-likeness (QED) is 0.0278. The highest BCUT2D eigenvalue weighted by Gasteiger charge is 2.39. The second-order valence-electron chi connectivity index (χ2n) is 19.9. The number of hydrogen-bond donors (Lipinski definition) is 8. The molecule has 8 atom stereocenters. The minimum atomic E-state index is -1.73. The molecule has 6 aromatic rings. The Bertz CT molecular complexity index is 2600. The van der Waals surface area contributed by atoms with Crippen molar-refractivity contribution in [2.45, 2.75) is 115 Å². The molecule has 16 heteroatoms. The first-order valence-electron chi connectivity index (χ1n) is 26.3. The third-order valence-electron chi connectivity index (χ3n) is 13.1. The molecule has 78 heavy (non-hydrogen) atoms. The number of hydrogen-bond acceptors (Lipinski definition) is 10. The fourth-order valence-corrected chi connectivity index (χ4v) is 8.78. The molecule has 0 saturated heterocycles. The molecule has 0 aliphatic rings. The van der Waals surface area contributed by atoms with Crippen LogP contribution in [0.1, 0.15) is 61.1 Å². The number of amides is 6. The summed E-state index contributed by atoms with van der Waals surface area (Å²) in [6.07, 6.45) is -4.93. The molecule has 6 aromatic carbocycles. The number of carbonyl (C=O) groups excluding carboxylic acids is 6. The molecule has 0 bridgehead atoms. The van der Waals surface area contributed by atoms with Gasteiger partial charge in [-0.25, -0.2) is 9.59 Å². The van der Waals surface area contributed by atoms with E-state index in [1.54, 1.807) is 100 Å². The molecule has 0 aromatic heterocycles. The Morgan fingerprint density at radius 2 is 0.603 bits per heavy atom. The summed E-state index contributed by atoms with van der Waals surface area (Å²) in [7, 11) is 0. The number of aliphatic hydroxyl groups excluding tert-OH is 2. The summed E-state index contributed by atoms with van der Waals surface area (Å²) >= 11 is 0. The summed E-state index contributed by atoms with van der Waals surface area (Å²) in [5.74, 6) is -3.69. The molecule has 0 aliphatic carbocycles. The average molecular weight is 1060 g/mol. The molecule has 0 saturated carbocycles. The van der Waals surface area contributed by atoms with Crippen LogP contribution in [0.5, 0.6) is 0 Å². The standard InChI is InChI=1S/C62H72N6O10/c1-41(2)53(67-57(71)51(37-45-27-15-7-16-28-45)65-61(75)77-39-47-31-19-9-20-32-47)59(73)63-49(35-43-23-11-5-12-24-43)55(69)56(70)50(36-44-25-13-6-14-26-44)64-60(74)54(42(3)4)68-58(72)52(38-46-29-17-8-18-30-46)66-62(76)78-40-48-33-21-10-22-34-48/h5-34,41-42,49-56,69-70H,35-40H2,1-4H3,(H,63,73)(H,64,74)(H,65,75)(H,66,76)(H,67,71)(H,68,72)/t49-,50-,51-,52-,53-,54-,55+,56+/m0/s1. The maximum absolute atomic E-state index is 14.6. The van der Waals surface area contributed by atoms with Crippen molar-refractivity contribution in [3.63, 3.8) is 0 Å². The Morgan fingerprint density at radius 1 is 0.346 bits per heavy atom. The van der Waals surface area contributed by atoms with Crippen LogP contribution in [0.4, 0.5) is 9.59 Å². The van der Waals surface area contributed by atoms with Crippen LogP contribution in [-0.2, 0) is 67.5 Å². The van der Waals surface area contributed by atoms with Gasteiger partial charge >= 0.3 is 12.2 Å². The van der Waals surface area contributed by atoms with Crippen molar-refractivity contribution in [1.82, 2.24) is 31.9 Å². The Kier molecular flexibility index (Phi) is 23.0. The van der Waals surface area contributed by atoms with E-state index in [1.807, 2.05) is 109 Å². The zero-order chi connectivity index (χ0) is 55.8. The monoisotopic (exact) mass is 1060 g/mol. The van der Waals surface area contributed by atoms with Crippen molar-refractivity contribution >= 4 is 35.8 Å². The minimum Gasteiger partial charge on any atom is -0.445 e. The van der Waals surface area contributed by atoms with Gasteiger partial charge in [-0.1, -0.05) is 210 Å². The van der Waals surface area contributed by atoms with E-state index in [0.717, 1.165) is 22.3 Å². The minimum absolute atomic E-state index is 0.0231. The first kappa shape index (κ1) is 58.9. The van der Waals surface area contributed by atoms with Gasteiger partial charge in [0.25, 0.3) is 0 Å². The molecule has 0 radical (unpaired) electrons. The van der Waals surface area contributed by atoms with Crippen molar-refractivity contribution < 1.29 is 48.5 Å². The van der Waals surface area contributed by atoms with Gasteiger partial charge in [0.2, 0.25) is 23.6 Å². The van der Waals surface area contributed by atoms with E-state index in [1.165, 1.54) is 0 Å². The third-order valence-corrected chi connectivity index (χ3v) is 13.1. The van der Waals surface area contributed by atoms with Crippen LogP contribution in [0.2, 0.25) is 0 Å². The summed E-state index contributed by atoms with van der Waals surface area (Å²) < 4.78 is 10.9. The number of ether oxygens (including phenoxy) is 2. The topological polar surface area (TPSA) is 234 Å². The largest absolute Gasteiger partial charge is 0.445 e. The van der Waals surface area contributed by atoms with Gasteiger partial charge in [0, 0.05) is 12.8 Å². The lowest BCUT2D eigenvalue weighted by molar-refractivity contribution is -0.133. The number of benzene rings is 6. The normalized spacial score (nSPS) is 14.2. The molecule has 0 spiro atoms. The molecule has 16 nitrogen and oxygen atoms in total. The molecule has 0 heterocycles. The van der Waals surface area contributed by atoms with Crippen LogP contribution in [0.3, 0.4) is 0 Å². The predicted octanol–water partition coefficient (Wildman–Crippen LogP) is 6.52. The van der Waals surface area contributed by atoms with Gasteiger partial charge in [-0.05, 0) is 58.1 Å². The maximum Gasteiger partial charge on any atom is 0.408 e. The SMILES string of the molecule is CC(C)[C@H](NC(=O)[C@H](Cc1ccccc1)NC(=O)OCc1ccccc1)C(=O)N[C@@H](Cc1ccccc1)[C@@H](O)[C@H](O)[C@H](Cc1ccccc1)NC(=O)[C@@H](NC(=O)[C@H](Cc1ccccc1)NC(=O)OCc1ccccc1)C(C)C. The molecule has 0 aliphatic heterocycles. The molecular formula is C62H72N6O10. The highest BCUT2D eigenvalue weighted by atomic mass is 16.6. The first-order valence-corrected chi connectivity index (χ1v) is 26.3. The van der Waals surface area contributed by atoms with E-state index in [-0.39, 0.29) is 38.9 Å². The highest BCUT2D eigenvalue weighted by molar-refractivity contribution is 5.93. The molecule has 0 unspecified atom stereocenters. The van der Waals surface area contributed by atoms with Crippen molar-refractivity contribution in [2.24, 2.45) is 11.8 Å². The fraction of sp³-hybridized carbons (Fsp3) is 0.323. The number of rotatable bonds is 27. The van der Waals surface area contributed by atoms with E-state index in [9.17, 15) is 39.0 Å². The van der Waals surface area contributed by atoms with Crippen LogP contribution in [0.15, 0.2) is 182 Å². The summed E-state index contributed by atoms with van der Waals surface area (Å²) in [6.45, 7) is 6.89. The summed E-state index contributed by atoms with van der Waals surface area (Å²) in [6, 6.07) is 47.2. The Morgan fingerprint density at radius 3 is 0.872 bits per heavy atom. The molecule has 8 N–H and O–H groups in total. The first-order chi connectivity index (χ1) is 37.6. The summed E-state index contributed by atoms with van der Waals surface area (Å²) in [4.78, 5) is 83.9. The number of alkyl carbamates (subject to hydrolysis) is 2. The van der Waals surface area contributed by atoms with Gasteiger partial charge < -0.3 is 51.6 Å². The maximum atomic E-state index is 14.6. The Hall–Kier alpha value is -8.34. The lowest BCUT2D eigenvalue weighted by Crippen LogP contribution is -2.62. The molecule has 6 rings (SSSR count). The summed E-state index contributed by atoms with van der Waals surface area (Å²) in [5, 5.41) is 41.6. The van der Waals surface area contributed by atoms with Crippen molar-refractivity contribution in [2.75, 3.05) is 0 Å². The van der Waals surface area contributed by atoms with Crippen LogP contribution in [0.25, 0.3) is 0 Å². The van der Waals surface area contributed by atoms with E-state index >= 15 is 0 Å². The fourth-order valence-electron chi connectivity index (χ4n) is 8.78. The van der Waals surface area contributed by atoms with Gasteiger partial charge in [-0.2, -0.15) is 0 Å². The van der Waals surface area contributed by atoms with Gasteiger partial charge in [-0.15, -0.1) is 0 Å². The second-order valence-corrected chi connectivity index (χ2v) is 19.9. The summed E-state index contributed by atoms with van der Waals surface area (Å²) in [5.41, 5.74) is 4.39. The Labute approximate surface area is 456 Å².